The van der Waals surface area contributed by atoms with Crippen molar-refractivity contribution < 1.29 is 18.0 Å². The summed E-state index contributed by atoms with van der Waals surface area (Å²) in [5.41, 5.74) is 0.751. The minimum absolute atomic E-state index is 0.113. The van der Waals surface area contributed by atoms with Gasteiger partial charge in [-0.25, -0.2) is 8.78 Å². The van der Waals surface area contributed by atoms with Gasteiger partial charge < -0.3 is 14.6 Å². The lowest BCUT2D eigenvalue weighted by Gasteiger charge is -2.03. The zero-order chi connectivity index (χ0) is 13.0. The van der Waals surface area contributed by atoms with Gasteiger partial charge in [0.2, 0.25) is 0 Å². The molecule has 1 aromatic carbocycles. The van der Waals surface area contributed by atoms with Gasteiger partial charge in [-0.15, -0.1) is 0 Å². The average Bonchev–Trinajstić information content (AvgIpc) is 2.79. The summed E-state index contributed by atoms with van der Waals surface area (Å²) in [6.45, 7) is 0.705. The van der Waals surface area contributed by atoms with Gasteiger partial charge in [0.1, 0.15) is 12.4 Å². The first-order valence-corrected chi connectivity index (χ1v) is 5.36. The Kier molecular flexibility index (Phi) is 3.88. The molecule has 0 unspecified atom stereocenters. The Bertz CT molecular complexity index is 529. The number of nitrogens with one attached hydrogen (secondary N) is 1. The minimum Gasteiger partial charge on any atom is -0.485 e. The maximum Gasteiger partial charge on any atom is 0.174 e. The van der Waals surface area contributed by atoms with Crippen molar-refractivity contribution in [3.63, 3.8) is 0 Å². The van der Waals surface area contributed by atoms with Crippen LogP contribution in [-0.2, 0) is 13.2 Å². The lowest BCUT2D eigenvalue weighted by molar-refractivity contribution is 0.247. The minimum atomic E-state index is -0.944. The summed E-state index contributed by atoms with van der Waals surface area (Å²) in [5.74, 6) is -1.09. The molecule has 0 spiro atoms. The second kappa shape index (κ2) is 5.59. The van der Waals surface area contributed by atoms with Gasteiger partial charge in [0.15, 0.2) is 17.4 Å². The molecule has 96 valence electrons. The van der Waals surface area contributed by atoms with Crippen LogP contribution in [0.1, 0.15) is 11.5 Å². The van der Waals surface area contributed by atoms with Crippen LogP contribution >= 0.6 is 0 Å². The van der Waals surface area contributed by atoms with E-state index in [-0.39, 0.29) is 12.4 Å². The van der Waals surface area contributed by atoms with Crippen LogP contribution in [0.2, 0.25) is 0 Å². The van der Waals surface area contributed by atoms with Crippen molar-refractivity contribution in [2.75, 3.05) is 7.05 Å². The molecule has 18 heavy (non-hydrogen) atoms. The van der Waals surface area contributed by atoms with Gasteiger partial charge in [-0.05, 0) is 19.2 Å². The first-order chi connectivity index (χ1) is 8.69. The van der Waals surface area contributed by atoms with Crippen LogP contribution in [0.15, 0.2) is 28.8 Å². The van der Waals surface area contributed by atoms with E-state index in [2.05, 4.69) is 10.5 Å². The first-order valence-electron chi connectivity index (χ1n) is 5.36. The summed E-state index contributed by atoms with van der Waals surface area (Å²) < 4.78 is 35.9. The highest BCUT2D eigenvalue weighted by Crippen LogP contribution is 2.17. The highest BCUT2D eigenvalue weighted by Gasteiger charge is 2.06. The van der Waals surface area contributed by atoms with Crippen LogP contribution in [0, 0.1) is 11.6 Å². The summed E-state index contributed by atoms with van der Waals surface area (Å²) in [5, 5.41) is 6.73. The standard InChI is InChI=1S/C12H12F2N2O2/c1-15-6-8-4-10(18-16-8)7-17-9-2-3-11(13)12(14)5-9/h2-5,15H,6-7H2,1H3. The van der Waals surface area contributed by atoms with E-state index < -0.39 is 11.6 Å². The number of benzene rings is 1. The SMILES string of the molecule is CNCc1cc(COc2ccc(F)c(F)c2)on1. The highest BCUT2D eigenvalue weighted by atomic mass is 19.2. The molecule has 2 rings (SSSR count). The quantitative estimate of drug-likeness (QED) is 0.889. The highest BCUT2D eigenvalue weighted by molar-refractivity contribution is 5.23. The van der Waals surface area contributed by atoms with Crippen molar-refractivity contribution >= 4 is 0 Å². The zero-order valence-corrected chi connectivity index (χ0v) is 9.74. The van der Waals surface area contributed by atoms with Gasteiger partial charge in [0, 0.05) is 18.7 Å². The fraction of sp³-hybridized carbons (Fsp3) is 0.250. The number of ether oxygens (including phenoxy) is 1. The third-order valence-corrected chi connectivity index (χ3v) is 2.24. The van der Waals surface area contributed by atoms with E-state index in [0.29, 0.717) is 12.3 Å². The number of nitrogens with zero attached hydrogens (tertiary/aromatic N) is 1. The number of rotatable bonds is 5. The lowest BCUT2D eigenvalue weighted by Crippen LogP contribution is -2.04. The van der Waals surface area contributed by atoms with Gasteiger partial charge in [0.25, 0.3) is 0 Å². The molecule has 0 atom stereocenters. The van der Waals surface area contributed by atoms with Crippen molar-refractivity contribution in [1.82, 2.24) is 10.5 Å². The second-order valence-corrected chi connectivity index (χ2v) is 3.68. The van der Waals surface area contributed by atoms with E-state index in [1.165, 1.54) is 6.07 Å². The van der Waals surface area contributed by atoms with E-state index in [1.807, 2.05) is 0 Å². The molecule has 0 bridgehead atoms. The van der Waals surface area contributed by atoms with Gasteiger partial charge >= 0.3 is 0 Å². The van der Waals surface area contributed by atoms with Crippen LogP contribution in [0.4, 0.5) is 8.78 Å². The molecular weight excluding hydrogens is 242 g/mol. The van der Waals surface area contributed by atoms with Crippen LogP contribution in [0.25, 0.3) is 0 Å². The van der Waals surface area contributed by atoms with Crippen LogP contribution in [0.3, 0.4) is 0 Å². The van der Waals surface area contributed by atoms with Gasteiger partial charge in [-0.1, -0.05) is 5.16 Å². The van der Waals surface area contributed by atoms with E-state index in [1.54, 1.807) is 13.1 Å². The maximum absolute atomic E-state index is 12.9. The fourth-order valence-electron chi connectivity index (χ4n) is 1.41. The summed E-state index contributed by atoms with van der Waals surface area (Å²) >= 11 is 0. The van der Waals surface area contributed by atoms with Crippen molar-refractivity contribution in [1.29, 1.82) is 0 Å². The normalized spacial score (nSPS) is 10.6. The van der Waals surface area contributed by atoms with Gasteiger partial charge in [-0.3, -0.25) is 0 Å². The first kappa shape index (κ1) is 12.5. The number of hydrogen-bond acceptors (Lipinski definition) is 4. The predicted molar refractivity (Wildman–Crippen MR) is 60.0 cm³/mol. The third-order valence-electron chi connectivity index (χ3n) is 2.24. The predicted octanol–water partition coefficient (Wildman–Crippen LogP) is 2.25. The van der Waals surface area contributed by atoms with Crippen LogP contribution in [-0.4, -0.2) is 12.2 Å². The van der Waals surface area contributed by atoms with E-state index in [9.17, 15) is 8.78 Å². The average molecular weight is 254 g/mol. The Morgan fingerprint density at radius 2 is 2.11 bits per heavy atom. The Morgan fingerprint density at radius 1 is 1.28 bits per heavy atom. The molecular formula is C12H12F2N2O2. The monoisotopic (exact) mass is 254 g/mol. The van der Waals surface area contributed by atoms with E-state index >= 15 is 0 Å². The van der Waals surface area contributed by atoms with Crippen LogP contribution in [0.5, 0.6) is 5.75 Å². The van der Waals surface area contributed by atoms with Crippen molar-refractivity contribution in [2.24, 2.45) is 0 Å². The second-order valence-electron chi connectivity index (χ2n) is 3.68. The number of aromatic nitrogens is 1. The maximum atomic E-state index is 12.9. The molecule has 1 heterocycles. The fourth-order valence-corrected chi connectivity index (χ4v) is 1.41. The van der Waals surface area contributed by atoms with Crippen LogP contribution < -0.4 is 10.1 Å². The summed E-state index contributed by atoms with van der Waals surface area (Å²) in [6, 6.07) is 5.08. The van der Waals surface area contributed by atoms with Gasteiger partial charge in [-0.2, -0.15) is 0 Å². The van der Waals surface area contributed by atoms with Crippen molar-refractivity contribution in [2.45, 2.75) is 13.2 Å². The summed E-state index contributed by atoms with van der Waals surface area (Å²) in [6.07, 6.45) is 0. The molecule has 0 aliphatic rings. The van der Waals surface area contributed by atoms with Gasteiger partial charge in [0.05, 0.1) is 5.69 Å². The zero-order valence-electron chi connectivity index (χ0n) is 9.74. The Balaban J connectivity index is 1.95. The summed E-state index contributed by atoms with van der Waals surface area (Å²) in [4.78, 5) is 0. The molecule has 0 aliphatic heterocycles. The molecule has 0 fully saturated rings. The molecule has 6 heteroatoms. The number of hydrogen-bond donors (Lipinski definition) is 1. The molecule has 4 nitrogen and oxygen atoms in total. The van der Waals surface area contributed by atoms with E-state index in [0.717, 1.165) is 17.8 Å². The van der Waals surface area contributed by atoms with Crippen molar-refractivity contribution in [3.05, 3.63) is 47.4 Å². The Labute approximate surface area is 103 Å². The molecule has 0 aliphatic carbocycles. The number of halogens is 2. The molecule has 0 saturated heterocycles. The molecule has 2 aromatic rings. The molecule has 1 aromatic heterocycles. The molecule has 0 saturated carbocycles. The lowest BCUT2D eigenvalue weighted by atomic mass is 10.3. The Hall–Kier alpha value is -1.95. The molecule has 1 N–H and O–H groups in total. The largest absolute Gasteiger partial charge is 0.485 e. The van der Waals surface area contributed by atoms with E-state index in [4.69, 9.17) is 9.26 Å². The van der Waals surface area contributed by atoms with Crippen molar-refractivity contribution in [3.8, 4) is 5.75 Å². The topological polar surface area (TPSA) is 47.3 Å². The third kappa shape index (κ3) is 3.04. The molecule has 0 amide bonds. The smallest absolute Gasteiger partial charge is 0.174 e. The Morgan fingerprint density at radius 3 is 2.83 bits per heavy atom. The molecule has 0 radical (unpaired) electrons. The summed E-state index contributed by atoms with van der Waals surface area (Å²) in [7, 11) is 1.80.